The molecule has 0 fully saturated rings. The van der Waals surface area contributed by atoms with Gasteiger partial charge >= 0.3 is 12.1 Å². The third kappa shape index (κ3) is 5.95. The molecule has 0 saturated heterocycles. The van der Waals surface area contributed by atoms with Gasteiger partial charge in [0.15, 0.2) is 6.61 Å². The van der Waals surface area contributed by atoms with Crippen LogP contribution in [0.3, 0.4) is 0 Å². The van der Waals surface area contributed by atoms with E-state index in [-0.39, 0.29) is 12.1 Å². The Morgan fingerprint density at radius 1 is 1.08 bits per heavy atom. The lowest BCUT2D eigenvalue weighted by Crippen LogP contribution is -2.21. The van der Waals surface area contributed by atoms with Crippen molar-refractivity contribution in [1.82, 2.24) is 0 Å². The van der Waals surface area contributed by atoms with Crippen LogP contribution in [0.2, 0.25) is 0 Å². The van der Waals surface area contributed by atoms with Crippen LogP contribution in [0.1, 0.15) is 16.7 Å². The van der Waals surface area contributed by atoms with Gasteiger partial charge in [0.1, 0.15) is 0 Å². The minimum atomic E-state index is -4.44. The van der Waals surface area contributed by atoms with Crippen molar-refractivity contribution in [3.63, 3.8) is 0 Å². The van der Waals surface area contributed by atoms with Crippen molar-refractivity contribution in [3.05, 3.63) is 65.2 Å². The molecule has 7 heteroatoms. The molecule has 132 valence electrons. The van der Waals surface area contributed by atoms with Crippen molar-refractivity contribution in [2.45, 2.75) is 19.5 Å². The van der Waals surface area contributed by atoms with Crippen molar-refractivity contribution in [3.8, 4) is 0 Å². The Balaban J connectivity index is 1.81. The number of hydrogen-bond acceptors (Lipinski definition) is 3. The van der Waals surface area contributed by atoms with Gasteiger partial charge in [-0.1, -0.05) is 29.8 Å². The molecule has 0 saturated carbocycles. The number of rotatable bonds is 5. The number of aryl methyl sites for hydroxylation is 1. The molecule has 2 aromatic carbocycles. The zero-order chi connectivity index (χ0) is 18.4. The van der Waals surface area contributed by atoms with Gasteiger partial charge in [-0.15, -0.1) is 0 Å². The first-order valence-electron chi connectivity index (χ1n) is 7.42. The van der Waals surface area contributed by atoms with E-state index in [9.17, 15) is 22.8 Å². The summed E-state index contributed by atoms with van der Waals surface area (Å²) in [6.45, 7) is 1.39. The minimum Gasteiger partial charge on any atom is -0.455 e. The summed E-state index contributed by atoms with van der Waals surface area (Å²) in [5.74, 6) is -1.19. The molecule has 0 atom stereocenters. The summed E-state index contributed by atoms with van der Waals surface area (Å²) in [4.78, 5) is 23.4. The third-order valence-corrected chi connectivity index (χ3v) is 3.29. The highest BCUT2D eigenvalue weighted by atomic mass is 19.4. The molecule has 0 radical (unpaired) electrons. The van der Waals surface area contributed by atoms with E-state index in [0.717, 1.165) is 35.4 Å². The van der Waals surface area contributed by atoms with Crippen molar-refractivity contribution in [2.75, 3.05) is 11.9 Å². The van der Waals surface area contributed by atoms with E-state index in [4.69, 9.17) is 4.74 Å². The maximum atomic E-state index is 12.5. The number of nitrogens with one attached hydrogen (secondary N) is 1. The summed E-state index contributed by atoms with van der Waals surface area (Å²) in [6, 6.07) is 11.3. The molecular formula is C18H16F3NO3. The van der Waals surface area contributed by atoms with Gasteiger partial charge in [0, 0.05) is 5.69 Å². The molecule has 4 nitrogen and oxygen atoms in total. The molecule has 0 unspecified atom stereocenters. The largest absolute Gasteiger partial charge is 0.455 e. The average molecular weight is 351 g/mol. The van der Waals surface area contributed by atoms with E-state index in [1.165, 1.54) is 0 Å². The molecule has 0 bridgehead atoms. The van der Waals surface area contributed by atoms with Gasteiger partial charge in [-0.2, -0.15) is 13.2 Å². The number of anilines is 1. The number of hydrogen-bond donors (Lipinski definition) is 1. The number of carbonyl (C=O) groups is 2. The Kier molecular flexibility index (Phi) is 5.80. The molecule has 0 aliphatic heterocycles. The highest BCUT2D eigenvalue weighted by Gasteiger charge is 2.29. The van der Waals surface area contributed by atoms with Gasteiger partial charge in [-0.05, 0) is 36.8 Å². The molecule has 0 aromatic heterocycles. The first-order valence-corrected chi connectivity index (χ1v) is 7.42. The Bertz CT molecular complexity index is 755. The lowest BCUT2D eigenvalue weighted by atomic mass is 10.1. The van der Waals surface area contributed by atoms with E-state index in [2.05, 4.69) is 5.32 Å². The second-order valence-corrected chi connectivity index (χ2v) is 5.45. The summed E-state index contributed by atoms with van der Waals surface area (Å²) < 4.78 is 42.2. The van der Waals surface area contributed by atoms with Gasteiger partial charge in [-0.3, -0.25) is 9.59 Å². The summed E-state index contributed by atoms with van der Waals surface area (Å²) in [7, 11) is 0. The number of esters is 1. The van der Waals surface area contributed by atoms with E-state index in [0.29, 0.717) is 0 Å². The fourth-order valence-corrected chi connectivity index (χ4v) is 2.13. The molecule has 0 spiro atoms. The molecule has 0 aliphatic carbocycles. The fraction of sp³-hybridized carbons (Fsp3) is 0.222. The summed E-state index contributed by atoms with van der Waals surface area (Å²) in [5, 5.41) is 2.37. The number of ether oxygens (including phenoxy) is 1. The molecule has 25 heavy (non-hydrogen) atoms. The van der Waals surface area contributed by atoms with Crippen LogP contribution in [0.5, 0.6) is 0 Å². The van der Waals surface area contributed by atoms with Crippen LogP contribution in [-0.4, -0.2) is 18.5 Å². The Morgan fingerprint density at radius 3 is 2.36 bits per heavy atom. The quantitative estimate of drug-likeness (QED) is 0.835. The number of halogens is 3. The number of carbonyl (C=O) groups excluding carboxylic acids is 2. The first-order chi connectivity index (χ1) is 11.7. The lowest BCUT2D eigenvalue weighted by Gasteiger charge is -2.09. The highest BCUT2D eigenvalue weighted by molar-refractivity contribution is 5.92. The van der Waals surface area contributed by atoms with Crippen LogP contribution in [0.25, 0.3) is 0 Å². The Hall–Kier alpha value is -2.83. The van der Waals surface area contributed by atoms with Crippen LogP contribution in [-0.2, 0) is 26.9 Å². The standard InChI is InChI=1S/C18H16F3NO3/c1-12-3-2-4-13(9-12)10-17(24)25-11-16(23)22-15-7-5-14(6-8-15)18(19,20)21/h2-9H,10-11H2,1H3,(H,22,23). The lowest BCUT2D eigenvalue weighted by molar-refractivity contribution is -0.146. The SMILES string of the molecule is Cc1cccc(CC(=O)OCC(=O)Nc2ccc(C(F)(F)F)cc2)c1. The summed E-state index contributed by atoms with van der Waals surface area (Å²) in [5.41, 5.74) is 1.15. The smallest absolute Gasteiger partial charge is 0.416 e. The normalized spacial score (nSPS) is 11.0. The van der Waals surface area contributed by atoms with Gasteiger partial charge in [-0.25, -0.2) is 0 Å². The van der Waals surface area contributed by atoms with Crippen LogP contribution in [0.15, 0.2) is 48.5 Å². The summed E-state index contributed by atoms with van der Waals surface area (Å²) in [6.07, 6.45) is -4.40. The molecule has 0 heterocycles. The third-order valence-electron chi connectivity index (χ3n) is 3.29. The van der Waals surface area contributed by atoms with Crippen LogP contribution in [0, 0.1) is 6.92 Å². The van der Waals surface area contributed by atoms with E-state index in [1.807, 2.05) is 25.1 Å². The Morgan fingerprint density at radius 2 is 1.76 bits per heavy atom. The topological polar surface area (TPSA) is 55.4 Å². The molecule has 2 rings (SSSR count). The summed E-state index contributed by atoms with van der Waals surface area (Å²) >= 11 is 0. The molecule has 2 aromatic rings. The van der Waals surface area contributed by atoms with Crippen molar-refractivity contribution in [1.29, 1.82) is 0 Å². The van der Waals surface area contributed by atoms with Gasteiger partial charge in [0.05, 0.1) is 12.0 Å². The van der Waals surface area contributed by atoms with Crippen LogP contribution in [0.4, 0.5) is 18.9 Å². The van der Waals surface area contributed by atoms with E-state index >= 15 is 0 Å². The second kappa shape index (κ2) is 7.83. The average Bonchev–Trinajstić information content (AvgIpc) is 2.53. The van der Waals surface area contributed by atoms with Crippen LogP contribution < -0.4 is 5.32 Å². The van der Waals surface area contributed by atoms with Crippen LogP contribution >= 0.6 is 0 Å². The number of amides is 1. The van der Waals surface area contributed by atoms with Crippen molar-refractivity contribution >= 4 is 17.6 Å². The minimum absolute atomic E-state index is 0.0369. The monoisotopic (exact) mass is 351 g/mol. The van der Waals surface area contributed by atoms with Gasteiger partial charge < -0.3 is 10.1 Å². The zero-order valence-corrected chi connectivity index (χ0v) is 13.4. The second-order valence-electron chi connectivity index (χ2n) is 5.45. The first kappa shape index (κ1) is 18.5. The fourth-order valence-electron chi connectivity index (χ4n) is 2.13. The van der Waals surface area contributed by atoms with Gasteiger partial charge in [0.2, 0.25) is 0 Å². The maximum Gasteiger partial charge on any atom is 0.416 e. The molecule has 1 amide bonds. The molecular weight excluding hydrogens is 335 g/mol. The highest BCUT2D eigenvalue weighted by Crippen LogP contribution is 2.29. The predicted octanol–water partition coefficient (Wildman–Crippen LogP) is 3.74. The molecule has 0 aliphatic rings. The van der Waals surface area contributed by atoms with E-state index in [1.54, 1.807) is 6.07 Å². The Labute approximate surface area is 142 Å². The number of benzene rings is 2. The van der Waals surface area contributed by atoms with E-state index < -0.39 is 30.2 Å². The zero-order valence-electron chi connectivity index (χ0n) is 13.4. The predicted molar refractivity (Wildman–Crippen MR) is 85.9 cm³/mol. The van der Waals surface area contributed by atoms with Crippen molar-refractivity contribution in [2.24, 2.45) is 0 Å². The van der Waals surface area contributed by atoms with Gasteiger partial charge in [0.25, 0.3) is 5.91 Å². The molecule has 1 N–H and O–H groups in total. The number of alkyl halides is 3. The van der Waals surface area contributed by atoms with Crippen molar-refractivity contribution < 1.29 is 27.5 Å². The maximum absolute atomic E-state index is 12.5.